The Kier molecular flexibility index (Phi) is 4.13. The van der Waals surface area contributed by atoms with Crippen LogP contribution in [-0.2, 0) is 6.18 Å². The minimum Gasteiger partial charge on any atom is -0.478 e. The molecule has 1 fully saturated rings. The molecule has 1 aliphatic rings. The van der Waals surface area contributed by atoms with Gasteiger partial charge < -0.3 is 14.9 Å². The quantitative estimate of drug-likeness (QED) is 0.932. The van der Waals surface area contributed by atoms with Crippen molar-refractivity contribution in [1.29, 1.82) is 0 Å². The fourth-order valence-electron chi connectivity index (χ4n) is 2.55. The molecule has 1 aliphatic heterocycles. The van der Waals surface area contributed by atoms with Gasteiger partial charge in [-0.3, -0.25) is 0 Å². The summed E-state index contributed by atoms with van der Waals surface area (Å²) in [5.74, 6) is -1.36. The van der Waals surface area contributed by atoms with Gasteiger partial charge in [0, 0.05) is 24.8 Å². The summed E-state index contributed by atoms with van der Waals surface area (Å²) in [4.78, 5) is 14.5. The van der Waals surface area contributed by atoms with Crippen molar-refractivity contribution in [2.45, 2.75) is 18.6 Å². The SMILES string of the molecule is CN(C)C1CCN(c2ccc(C(=O)O)cc2C(F)(F)F)C1. The van der Waals surface area contributed by atoms with E-state index in [1.807, 2.05) is 19.0 Å². The van der Waals surface area contributed by atoms with Gasteiger partial charge in [-0.2, -0.15) is 13.2 Å². The summed E-state index contributed by atoms with van der Waals surface area (Å²) in [6.45, 7) is 1.03. The van der Waals surface area contributed by atoms with Gasteiger partial charge in [-0.15, -0.1) is 0 Å². The van der Waals surface area contributed by atoms with E-state index in [9.17, 15) is 18.0 Å². The van der Waals surface area contributed by atoms with E-state index in [2.05, 4.69) is 0 Å². The molecule has 1 aromatic rings. The number of likely N-dealkylation sites (N-methyl/N-ethyl adjacent to an activating group) is 1. The van der Waals surface area contributed by atoms with Crippen LogP contribution < -0.4 is 4.90 Å². The van der Waals surface area contributed by atoms with Crippen molar-refractivity contribution < 1.29 is 23.1 Å². The van der Waals surface area contributed by atoms with Crippen molar-refractivity contribution in [2.75, 3.05) is 32.1 Å². The monoisotopic (exact) mass is 302 g/mol. The molecule has 0 amide bonds. The summed E-state index contributed by atoms with van der Waals surface area (Å²) in [7, 11) is 3.79. The van der Waals surface area contributed by atoms with E-state index in [4.69, 9.17) is 5.11 Å². The summed E-state index contributed by atoms with van der Waals surface area (Å²) in [5, 5.41) is 8.86. The highest BCUT2D eigenvalue weighted by Crippen LogP contribution is 2.38. The number of aromatic carboxylic acids is 1. The Labute approximate surface area is 120 Å². The summed E-state index contributed by atoms with van der Waals surface area (Å²) >= 11 is 0. The van der Waals surface area contributed by atoms with Gasteiger partial charge in [-0.1, -0.05) is 0 Å². The normalized spacial score (nSPS) is 19.3. The fourth-order valence-corrected chi connectivity index (χ4v) is 2.55. The van der Waals surface area contributed by atoms with Crippen LogP contribution in [0.4, 0.5) is 18.9 Å². The zero-order valence-corrected chi connectivity index (χ0v) is 11.8. The maximum atomic E-state index is 13.2. The number of carbonyl (C=O) groups is 1. The van der Waals surface area contributed by atoms with Crippen LogP contribution in [-0.4, -0.2) is 49.2 Å². The predicted molar refractivity (Wildman–Crippen MR) is 72.7 cm³/mol. The second kappa shape index (κ2) is 5.55. The number of alkyl halides is 3. The highest BCUT2D eigenvalue weighted by molar-refractivity contribution is 5.88. The average molecular weight is 302 g/mol. The Morgan fingerprint density at radius 2 is 2.05 bits per heavy atom. The molecular formula is C14H17F3N2O2. The molecule has 0 radical (unpaired) electrons. The maximum absolute atomic E-state index is 13.2. The lowest BCUT2D eigenvalue weighted by Crippen LogP contribution is -2.32. The van der Waals surface area contributed by atoms with Crippen molar-refractivity contribution in [3.8, 4) is 0 Å². The van der Waals surface area contributed by atoms with Crippen LogP contribution in [0.25, 0.3) is 0 Å². The number of hydrogen-bond acceptors (Lipinski definition) is 3. The van der Waals surface area contributed by atoms with Crippen molar-refractivity contribution in [1.82, 2.24) is 4.90 Å². The van der Waals surface area contributed by atoms with Crippen LogP contribution in [0.2, 0.25) is 0 Å². The zero-order chi connectivity index (χ0) is 15.8. The van der Waals surface area contributed by atoms with Gasteiger partial charge in [0.1, 0.15) is 0 Å². The van der Waals surface area contributed by atoms with Gasteiger partial charge >= 0.3 is 12.1 Å². The molecule has 1 atom stereocenters. The third-order valence-electron chi connectivity index (χ3n) is 3.78. The zero-order valence-electron chi connectivity index (χ0n) is 11.8. The smallest absolute Gasteiger partial charge is 0.418 e. The molecule has 116 valence electrons. The maximum Gasteiger partial charge on any atom is 0.418 e. The van der Waals surface area contributed by atoms with Crippen LogP contribution in [0.1, 0.15) is 22.3 Å². The Morgan fingerprint density at radius 3 is 2.52 bits per heavy atom. The van der Waals surface area contributed by atoms with E-state index in [1.54, 1.807) is 4.90 Å². The summed E-state index contributed by atoms with van der Waals surface area (Å²) in [6, 6.07) is 3.38. The van der Waals surface area contributed by atoms with Gasteiger partial charge in [0.2, 0.25) is 0 Å². The summed E-state index contributed by atoms with van der Waals surface area (Å²) in [6.07, 6.45) is -3.79. The first-order valence-corrected chi connectivity index (χ1v) is 6.56. The number of carboxylic acid groups (broad SMARTS) is 1. The predicted octanol–water partition coefficient (Wildman–Crippen LogP) is 2.54. The Morgan fingerprint density at radius 1 is 1.38 bits per heavy atom. The first kappa shape index (κ1) is 15.6. The van der Waals surface area contributed by atoms with Crippen LogP contribution in [0.3, 0.4) is 0 Å². The van der Waals surface area contributed by atoms with Gasteiger partial charge in [0.05, 0.1) is 11.1 Å². The van der Waals surface area contributed by atoms with Crippen LogP contribution in [0.5, 0.6) is 0 Å². The molecule has 21 heavy (non-hydrogen) atoms. The molecule has 1 heterocycles. The minimum absolute atomic E-state index is 0.0526. The molecule has 0 aliphatic carbocycles. The number of anilines is 1. The van der Waals surface area contributed by atoms with Crippen molar-refractivity contribution in [3.63, 3.8) is 0 Å². The van der Waals surface area contributed by atoms with Crippen LogP contribution in [0, 0.1) is 0 Å². The third-order valence-corrected chi connectivity index (χ3v) is 3.78. The standard InChI is InChI=1S/C14H17F3N2O2/c1-18(2)10-5-6-19(8-10)12-4-3-9(13(20)21)7-11(12)14(15,16)17/h3-4,7,10H,5-6,8H2,1-2H3,(H,20,21). The molecule has 7 heteroatoms. The molecule has 1 N–H and O–H groups in total. The largest absolute Gasteiger partial charge is 0.478 e. The minimum atomic E-state index is -4.57. The van der Waals surface area contributed by atoms with Crippen molar-refractivity contribution in [3.05, 3.63) is 29.3 Å². The van der Waals surface area contributed by atoms with E-state index in [-0.39, 0.29) is 17.3 Å². The van der Waals surface area contributed by atoms with Gasteiger partial charge in [-0.25, -0.2) is 4.79 Å². The second-order valence-corrected chi connectivity index (χ2v) is 5.39. The first-order valence-electron chi connectivity index (χ1n) is 6.56. The first-order chi connectivity index (χ1) is 9.70. The van der Waals surface area contributed by atoms with E-state index >= 15 is 0 Å². The molecule has 0 spiro atoms. The van der Waals surface area contributed by atoms with E-state index in [0.717, 1.165) is 6.42 Å². The lowest BCUT2D eigenvalue weighted by molar-refractivity contribution is -0.137. The number of nitrogens with zero attached hydrogens (tertiary/aromatic N) is 2. The summed E-state index contributed by atoms with van der Waals surface area (Å²) < 4.78 is 39.5. The molecule has 0 bridgehead atoms. The number of halogens is 3. The van der Waals surface area contributed by atoms with E-state index in [1.165, 1.54) is 12.1 Å². The molecule has 1 saturated heterocycles. The third kappa shape index (κ3) is 3.29. The Balaban J connectivity index is 2.38. The van der Waals surface area contributed by atoms with E-state index < -0.39 is 17.7 Å². The Hall–Kier alpha value is -1.76. The molecule has 4 nitrogen and oxygen atoms in total. The lowest BCUT2D eigenvalue weighted by atomic mass is 10.1. The van der Waals surface area contributed by atoms with Gasteiger partial charge in [0.15, 0.2) is 0 Å². The molecular weight excluding hydrogens is 285 g/mol. The molecule has 2 rings (SSSR count). The topological polar surface area (TPSA) is 43.8 Å². The second-order valence-electron chi connectivity index (χ2n) is 5.39. The van der Waals surface area contributed by atoms with Crippen LogP contribution in [0.15, 0.2) is 18.2 Å². The number of benzene rings is 1. The number of hydrogen-bond donors (Lipinski definition) is 1. The highest BCUT2D eigenvalue weighted by atomic mass is 19.4. The molecule has 0 saturated carbocycles. The summed E-state index contributed by atoms with van der Waals surface area (Å²) in [5.41, 5.74) is -1.19. The Bertz CT molecular complexity index is 544. The number of rotatable bonds is 3. The van der Waals surface area contributed by atoms with Crippen molar-refractivity contribution >= 4 is 11.7 Å². The number of carboxylic acids is 1. The fraction of sp³-hybridized carbons (Fsp3) is 0.500. The molecule has 1 aromatic carbocycles. The van der Waals surface area contributed by atoms with Gasteiger partial charge in [-0.05, 0) is 38.7 Å². The van der Waals surface area contributed by atoms with Crippen LogP contribution >= 0.6 is 0 Å². The van der Waals surface area contributed by atoms with Gasteiger partial charge in [0.25, 0.3) is 0 Å². The molecule has 1 unspecified atom stereocenters. The molecule has 0 aromatic heterocycles. The lowest BCUT2D eigenvalue weighted by Gasteiger charge is -2.25. The van der Waals surface area contributed by atoms with Crippen molar-refractivity contribution in [2.24, 2.45) is 0 Å². The average Bonchev–Trinajstić information content (AvgIpc) is 2.86. The van der Waals surface area contributed by atoms with E-state index in [0.29, 0.717) is 19.2 Å². The highest BCUT2D eigenvalue weighted by Gasteiger charge is 2.37.